The first-order chi connectivity index (χ1) is 15.3. The Morgan fingerprint density at radius 2 is 1.70 bits per heavy atom. The SMILES string of the molecule is CN(O)C(=O)CCc1c(C(F)(F)F)nn(-c2ccc(S(N)(=O)=O)cc2)c1-c1ccc(F)cc1. The van der Waals surface area contributed by atoms with Crippen molar-refractivity contribution in [1.82, 2.24) is 14.8 Å². The number of primary sulfonamides is 1. The third-order valence-electron chi connectivity index (χ3n) is 4.73. The summed E-state index contributed by atoms with van der Waals surface area (Å²) in [5, 5.41) is 18.3. The van der Waals surface area contributed by atoms with E-state index in [9.17, 15) is 36.0 Å². The van der Waals surface area contributed by atoms with Crippen LogP contribution in [0.2, 0.25) is 0 Å². The summed E-state index contributed by atoms with van der Waals surface area (Å²) in [7, 11) is -2.99. The first-order valence-corrected chi connectivity index (χ1v) is 10.9. The molecule has 0 aliphatic rings. The number of aromatic nitrogens is 2. The van der Waals surface area contributed by atoms with Crippen molar-refractivity contribution < 1.29 is 36.0 Å². The lowest BCUT2D eigenvalue weighted by atomic mass is 10.0. The number of hydrogen-bond donors (Lipinski definition) is 2. The van der Waals surface area contributed by atoms with Crippen molar-refractivity contribution in [3.63, 3.8) is 0 Å². The van der Waals surface area contributed by atoms with Gasteiger partial charge in [-0.15, -0.1) is 0 Å². The van der Waals surface area contributed by atoms with E-state index in [2.05, 4.69) is 5.10 Å². The highest BCUT2D eigenvalue weighted by Crippen LogP contribution is 2.38. The molecule has 0 saturated heterocycles. The lowest BCUT2D eigenvalue weighted by molar-refractivity contribution is -0.159. The molecule has 3 N–H and O–H groups in total. The minimum absolute atomic E-state index is 0.0703. The molecule has 1 amide bonds. The van der Waals surface area contributed by atoms with Crippen LogP contribution in [-0.4, -0.2) is 41.4 Å². The van der Waals surface area contributed by atoms with Crippen molar-refractivity contribution >= 4 is 15.9 Å². The molecule has 0 aliphatic heterocycles. The minimum atomic E-state index is -4.90. The lowest BCUT2D eigenvalue weighted by Crippen LogP contribution is -2.23. The Labute approximate surface area is 185 Å². The Morgan fingerprint density at radius 3 is 2.18 bits per heavy atom. The number of nitrogens with zero attached hydrogens (tertiary/aromatic N) is 3. The zero-order chi connectivity index (χ0) is 24.6. The summed E-state index contributed by atoms with van der Waals surface area (Å²) < 4.78 is 79.0. The molecule has 2 aromatic carbocycles. The largest absolute Gasteiger partial charge is 0.435 e. The molecule has 0 radical (unpaired) electrons. The summed E-state index contributed by atoms with van der Waals surface area (Å²) in [5.74, 6) is -1.43. The number of carbonyl (C=O) groups is 1. The quantitative estimate of drug-likeness (QED) is 0.315. The van der Waals surface area contributed by atoms with E-state index in [4.69, 9.17) is 5.14 Å². The van der Waals surface area contributed by atoms with Crippen LogP contribution >= 0.6 is 0 Å². The smallest absolute Gasteiger partial charge is 0.286 e. The van der Waals surface area contributed by atoms with Gasteiger partial charge in [0, 0.05) is 24.6 Å². The van der Waals surface area contributed by atoms with Gasteiger partial charge in [0.05, 0.1) is 16.3 Å². The van der Waals surface area contributed by atoms with Crippen molar-refractivity contribution in [3.05, 3.63) is 65.6 Å². The highest BCUT2D eigenvalue weighted by molar-refractivity contribution is 7.89. The number of halogens is 4. The summed E-state index contributed by atoms with van der Waals surface area (Å²) >= 11 is 0. The van der Waals surface area contributed by atoms with E-state index < -0.39 is 46.5 Å². The first kappa shape index (κ1) is 24.4. The molecule has 1 heterocycles. The van der Waals surface area contributed by atoms with Gasteiger partial charge in [0.1, 0.15) is 5.82 Å². The number of nitrogens with two attached hydrogens (primary N) is 1. The third kappa shape index (κ3) is 5.38. The predicted molar refractivity (Wildman–Crippen MR) is 108 cm³/mol. The van der Waals surface area contributed by atoms with E-state index in [1.165, 1.54) is 24.3 Å². The van der Waals surface area contributed by atoms with E-state index in [1.807, 2.05) is 0 Å². The van der Waals surface area contributed by atoms with Crippen LogP contribution in [0.4, 0.5) is 17.6 Å². The summed E-state index contributed by atoms with van der Waals surface area (Å²) in [4.78, 5) is 11.6. The van der Waals surface area contributed by atoms with Gasteiger partial charge in [-0.2, -0.15) is 18.3 Å². The summed E-state index contributed by atoms with van der Waals surface area (Å²) in [6.07, 6.45) is -5.79. The predicted octanol–water partition coefficient (Wildman–Crippen LogP) is 3.12. The normalized spacial score (nSPS) is 12.1. The number of amides is 1. The maximum Gasteiger partial charge on any atom is 0.435 e. The fraction of sp³-hybridized carbons (Fsp3) is 0.200. The van der Waals surface area contributed by atoms with Crippen LogP contribution in [0, 0.1) is 5.82 Å². The molecular formula is C20H18F4N4O4S. The van der Waals surface area contributed by atoms with Gasteiger partial charge in [-0.05, 0) is 55.0 Å². The zero-order valence-corrected chi connectivity index (χ0v) is 17.9. The molecule has 0 saturated carbocycles. The van der Waals surface area contributed by atoms with Crippen LogP contribution in [-0.2, 0) is 27.4 Å². The highest BCUT2D eigenvalue weighted by Gasteiger charge is 2.39. The van der Waals surface area contributed by atoms with Crippen LogP contribution < -0.4 is 5.14 Å². The Kier molecular flexibility index (Phi) is 6.58. The van der Waals surface area contributed by atoms with Gasteiger partial charge in [-0.25, -0.2) is 27.7 Å². The lowest BCUT2D eigenvalue weighted by Gasteiger charge is -2.12. The van der Waals surface area contributed by atoms with Gasteiger partial charge in [0.25, 0.3) is 0 Å². The van der Waals surface area contributed by atoms with E-state index in [0.717, 1.165) is 36.0 Å². The molecule has 0 spiro atoms. The van der Waals surface area contributed by atoms with Crippen molar-refractivity contribution in [2.45, 2.75) is 23.9 Å². The standard InChI is InChI=1S/C20H18F4N4O4S/c1-27(30)17(29)11-10-16-18(12-2-4-13(21)5-3-12)28(26-19(16)20(22,23)24)14-6-8-15(9-7-14)33(25,31)32/h2-9,30H,10-11H2,1H3,(H2,25,31,32). The fourth-order valence-corrected chi connectivity index (χ4v) is 3.69. The third-order valence-corrected chi connectivity index (χ3v) is 5.66. The second-order valence-electron chi connectivity index (χ2n) is 7.05. The molecule has 176 valence electrons. The van der Waals surface area contributed by atoms with Gasteiger partial charge in [0.2, 0.25) is 15.9 Å². The Balaban J connectivity index is 2.25. The van der Waals surface area contributed by atoms with E-state index in [0.29, 0.717) is 0 Å². The Morgan fingerprint density at radius 1 is 1.12 bits per heavy atom. The number of benzene rings is 2. The average molecular weight is 486 g/mol. The molecule has 0 unspecified atom stereocenters. The molecule has 0 atom stereocenters. The summed E-state index contributed by atoms with van der Waals surface area (Å²) in [6, 6.07) is 9.28. The second-order valence-corrected chi connectivity index (χ2v) is 8.61. The summed E-state index contributed by atoms with van der Waals surface area (Å²) in [5.41, 5.74) is -1.44. The molecule has 0 fully saturated rings. The summed E-state index contributed by atoms with van der Waals surface area (Å²) in [6.45, 7) is 0. The van der Waals surface area contributed by atoms with Gasteiger partial charge < -0.3 is 0 Å². The number of sulfonamides is 1. The number of hydrogen-bond acceptors (Lipinski definition) is 5. The van der Waals surface area contributed by atoms with Crippen LogP contribution in [0.15, 0.2) is 53.4 Å². The van der Waals surface area contributed by atoms with Gasteiger partial charge >= 0.3 is 6.18 Å². The maximum atomic E-state index is 13.9. The van der Waals surface area contributed by atoms with Crippen LogP contribution in [0.1, 0.15) is 17.7 Å². The maximum absolute atomic E-state index is 13.9. The van der Waals surface area contributed by atoms with Crippen molar-refractivity contribution in [1.29, 1.82) is 0 Å². The molecule has 3 aromatic rings. The zero-order valence-electron chi connectivity index (χ0n) is 17.0. The molecule has 0 aliphatic carbocycles. The van der Waals surface area contributed by atoms with E-state index in [1.54, 1.807) is 0 Å². The molecule has 3 rings (SSSR count). The van der Waals surface area contributed by atoms with E-state index >= 15 is 0 Å². The number of alkyl halides is 3. The fourth-order valence-electron chi connectivity index (χ4n) is 3.18. The second kappa shape index (κ2) is 8.92. The van der Waals surface area contributed by atoms with Crippen molar-refractivity contribution in [2.24, 2.45) is 5.14 Å². The Hall–Kier alpha value is -3.29. The monoisotopic (exact) mass is 486 g/mol. The van der Waals surface area contributed by atoms with Gasteiger partial charge in [0.15, 0.2) is 5.69 Å². The average Bonchev–Trinajstić information content (AvgIpc) is 3.12. The van der Waals surface area contributed by atoms with Crippen LogP contribution in [0.3, 0.4) is 0 Å². The van der Waals surface area contributed by atoms with Gasteiger partial charge in [-0.3, -0.25) is 10.0 Å². The number of hydroxylamine groups is 2. The molecule has 0 bridgehead atoms. The highest BCUT2D eigenvalue weighted by atomic mass is 32.2. The van der Waals surface area contributed by atoms with Crippen LogP contribution in [0.5, 0.6) is 0 Å². The molecule has 13 heteroatoms. The first-order valence-electron chi connectivity index (χ1n) is 9.32. The van der Waals surface area contributed by atoms with E-state index in [-0.39, 0.29) is 32.5 Å². The topological polar surface area (TPSA) is 119 Å². The van der Waals surface area contributed by atoms with Gasteiger partial charge in [-0.1, -0.05) is 0 Å². The molecule has 1 aromatic heterocycles. The van der Waals surface area contributed by atoms with Crippen molar-refractivity contribution in [2.75, 3.05) is 7.05 Å². The number of rotatable bonds is 6. The van der Waals surface area contributed by atoms with Crippen molar-refractivity contribution in [3.8, 4) is 16.9 Å². The Bertz CT molecular complexity index is 1270. The van der Waals surface area contributed by atoms with Crippen LogP contribution in [0.25, 0.3) is 16.9 Å². The molecule has 8 nitrogen and oxygen atoms in total. The molecule has 33 heavy (non-hydrogen) atoms. The minimum Gasteiger partial charge on any atom is -0.286 e. The number of carbonyl (C=O) groups excluding carboxylic acids is 1. The molecular weight excluding hydrogens is 468 g/mol.